The van der Waals surface area contributed by atoms with E-state index in [4.69, 9.17) is 14.2 Å². The lowest BCUT2D eigenvalue weighted by Gasteiger charge is -2.63. The number of aliphatic hydroxyl groups excluding tert-OH is 1. The first-order chi connectivity index (χ1) is 21.4. The second-order valence-corrected chi connectivity index (χ2v) is 18.2. The minimum absolute atomic E-state index is 0.0351. The fraction of sp³-hybridized carbons (Fsp3) is 0.946. The van der Waals surface area contributed by atoms with E-state index in [1.54, 1.807) is 21.0 Å². The van der Waals surface area contributed by atoms with Crippen molar-refractivity contribution in [2.24, 2.45) is 50.7 Å². The number of esters is 1. The first-order valence-corrected chi connectivity index (χ1v) is 18.2. The number of fused-ring (bicyclic) bond motifs is 2. The molecule has 5 saturated carbocycles. The van der Waals surface area contributed by atoms with Crippen molar-refractivity contribution in [1.29, 1.82) is 0 Å². The molecule has 9 nitrogen and oxygen atoms in total. The molecule has 0 aromatic heterocycles. The lowest BCUT2D eigenvalue weighted by Crippen LogP contribution is -2.61. The van der Waals surface area contributed by atoms with Crippen LogP contribution in [0.4, 0.5) is 4.79 Å². The molecule has 12 atom stereocenters. The third-order valence-electron chi connectivity index (χ3n) is 15.5. The van der Waals surface area contributed by atoms with Crippen LogP contribution in [-0.2, 0) is 19.0 Å². The zero-order valence-electron chi connectivity index (χ0n) is 29.9. The Morgan fingerprint density at radius 3 is 2.26 bits per heavy atom. The summed E-state index contributed by atoms with van der Waals surface area (Å²) in [4.78, 5) is 24.8. The maximum absolute atomic E-state index is 12.8. The smallest absolute Gasteiger partial charge is 0.407 e. The van der Waals surface area contributed by atoms with Gasteiger partial charge in [0.15, 0.2) is 6.10 Å². The van der Waals surface area contributed by atoms with Crippen LogP contribution in [0.5, 0.6) is 0 Å². The molecule has 6 aliphatic rings. The average Bonchev–Trinajstić information content (AvgIpc) is 3.56. The molecule has 9 heteroatoms. The molecule has 1 aliphatic heterocycles. The van der Waals surface area contributed by atoms with Crippen LogP contribution in [0, 0.1) is 50.7 Å². The van der Waals surface area contributed by atoms with Crippen molar-refractivity contribution in [3.05, 3.63) is 0 Å². The fourth-order valence-corrected chi connectivity index (χ4v) is 12.9. The topological polar surface area (TPSA) is 126 Å². The average molecular weight is 647 g/mol. The van der Waals surface area contributed by atoms with Crippen LogP contribution < -0.4 is 10.6 Å². The van der Waals surface area contributed by atoms with Crippen LogP contribution in [0.25, 0.3) is 0 Å². The standard InChI is InChI=1S/C37H62N2O7/c1-21(16-25(44-9)30(33(5,6)43)45-22(2)40)24-17-28(41)35(8)27-11-10-26-32(3,4)29(46-31(42)39-23-18-38-19-23)12-13-36(26)20-37(27,36)15-14-34(24,35)7/h21,23-30,38,41,43H,10-20H2,1-9H3,(H,39,42)/t21-,24-,25?,26+,27?,28+,29?,30?,34?,35-,36?,37?/m1/s1. The molecule has 5 aliphatic carbocycles. The lowest BCUT2D eigenvalue weighted by atomic mass is 9.41. The second kappa shape index (κ2) is 11.3. The van der Waals surface area contributed by atoms with Gasteiger partial charge in [-0.2, -0.15) is 0 Å². The number of ether oxygens (including phenoxy) is 3. The van der Waals surface area contributed by atoms with Gasteiger partial charge in [-0.15, -0.1) is 0 Å². The SMILES string of the molecule is COC(C[C@@H](C)[C@H]1C[C@H](O)[C@@]2(C)C3CC[C@H]4C(C)(C)C(OC(=O)NC5CNC5)CCC45CC35CCC12C)C(OC(C)=O)C(C)(C)O. The highest BCUT2D eigenvalue weighted by molar-refractivity contribution is 5.68. The van der Waals surface area contributed by atoms with Crippen molar-refractivity contribution < 1.29 is 34.0 Å². The summed E-state index contributed by atoms with van der Waals surface area (Å²) in [5, 5.41) is 29.2. The lowest BCUT2D eigenvalue weighted by molar-refractivity contribution is -0.186. The number of hydrogen-bond donors (Lipinski definition) is 4. The Hall–Kier alpha value is -1.42. The number of rotatable bonds is 9. The minimum atomic E-state index is -1.24. The Bertz CT molecular complexity index is 1200. The third kappa shape index (κ3) is 4.90. The van der Waals surface area contributed by atoms with E-state index in [-0.39, 0.29) is 57.3 Å². The summed E-state index contributed by atoms with van der Waals surface area (Å²) in [6.07, 6.45) is 7.23. The van der Waals surface area contributed by atoms with Crippen molar-refractivity contribution in [3.8, 4) is 0 Å². The minimum Gasteiger partial charge on any atom is -0.457 e. The van der Waals surface area contributed by atoms with Crippen LogP contribution in [0.2, 0.25) is 0 Å². The van der Waals surface area contributed by atoms with Crippen molar-refractivity contribution in [1.82, 2.24) is 10.6 Å². The number of aliphatic hydroxyl groups is 2. The van der Waals surface area contributed by atoms with Crippen LogP contribution in [0.15, 0.2) is 0 Å². The molecular formula is C37H62N2O7. The molecule has 2 spiro atoms. The molecule has 1 saturated heterocycles. The first-order valence-electron chi connectivity index (χ1n) is 18.2. The molecule has 1 heterocycles. The van der Waals surface area contributed by atoms with E-state index in [2.05, 4.69) is 45.3 Å². The number of hydrogen-bond acceptors (Lipinski definition) is 8. The van der Waals surface area contributed by atoms with Gasteiger partial charge in [-0.1, -0.05) is 34.6 Å². The summed E-state index contributed by atoms with van der Waals surface area (Å²) in [7, 11) is 1.63. The largest absolute Gasteiger partial charge is 0.457 e. The molecule has 6 rings (SSSR count). The number of alkyl carbamates (subject to hydrolysis) is 1. The van der Waals surface area contributed by atoms with Crippen molar-refractivity contribution in [2.75, 3.05) is 20.2 Å². The molecular weight excluding hydrogens is 584 g/mol. The zero-order chi connectivity index (χ0) is 33.7. The van der Waals surface area contributed by atoms with Gasteiger partial charge in [-0.05, 0) is 112 Å². The summed E-state index contributed by atoms with van der Waals surface area (Å²) in [5.41, 5.74) is -1.05. The molecule has 0 bridgehead atoms. The highest BCUT2D eigenvalue weighted by Crippen LogP contribution is 2.89. The predicted molar refractivity (Wildman–Crippen MR) is 175 cm³/mol. The number of amides is 1. The monoisotopic (exact) mass is 646 g/mol. The third-order valence-corrected chi connectivity index (χ3v) is 15.5. The number of nitrogens with one attached hydrogen (secondary N) is 2. The Balaban J connectivity index is 1.20. The highest BCUT2D eigenvalue weighted by Gasteiger charge is 2.83. The highest BCUT2D eigenvalue weighted by atomic mass is 16.6. The van der Waals surface area contributed by atoms with E-state index in [9.17, 15) is 19.8 Å². The van der Waals surface area contributed by atoms with E-state index in [1.807, 2.05) is 0 Å². The summed E-state index contributed by atoms with van der Waals surface area (Å²) < 4.78 is 17.7. The molecule has 46 heavy (non-hydrogen) atoms. The van der Waals surface area contributed by atoms with Crippen LogP contribution in [-0.4, -0.2) is 78.5 Å². The molecule has 1 amide bonds. The van der Waals surface area contributed by atoms with Crippen molar-refractivity contribution in [2.45, 2.75) is 149 Å². The van der Waals surface area contributed by atoms with E-state index < -0.39 is 23.8 Å². The van der Waals surface area contributed by atoms with Gasteiger partial charge in [0.1, 0.15) is 6.10 Å². The Morgan fingerprint density at radius 1 is 1.02 bits per heavy atom. The Morgan fingerprint density at radius 2 is 1.67 bits per heavy atom. The van der Waals surface area contributed by atoms with Gasteiger partial charge in [0.2, 0.25) is 0 Å². The van der Waals surface area contributed by atoms with Crippen LogP contribution in [0.1, 0.15) is 113 Å². The molecule has 4 N–H and O–H groups in total. The molecule has 0 aromatic rings. The number of methoxy groups -OCH3 is 1. The second-order valence-electron chi connectivity index (χ2n) is 18.2. The number of carbonyl (C=O) groups is 2. The number of carbonyl (C=O) groups excluding carboxylic acids is 2. The van der Waals surface area contributed by atoms with Gasteiger partial charge >= 0.3 is 12.1 Å². The van der Waals surface area contributed by atoms with Crippen molar-refractivity contribution >= 4 is 12.1 Å². The van der Waals surface area contributed by atoms with Crippen LogP contribution >= 0.6 is 0 Å². The van der Waals surface area contributed by atoms with Gasteiger partial charge in [-0.25, -0.2) is 4.79 Å². The van der Waals surface area contributed by atoms with Gasteiger partial charge in [0, 0.05) is 38.0 Å². The summed E-state index contributed by atoms with van der Waals surface area (Å²) >= 11 is 0. The van der Waals surface area contributed by atoms with Gasteiger partial charge in [-0.3, -0.25) is 4.79 Å². The predicted octanol–water partition coefficient (Wildman–Crippen LogP) is 5.21. The van der Waals surface area contributed by atoms with Crippen LogP contribution in [0.3, 0.4) is 0 Å². The van der Waals surface area contributed by atoms with Gasteiger partial charge < -0.3 is 35.1 Å². The van der Waals surface area contributed by atoms with E-state index >= 15 is 0 Å². The Kier molecular flexibility index (Phi) is 8.47. The molecule has 7 unspecified atom stereocenters. The maximum Gasteiger partial charge on any atom is 0.407 e. The molecule has 0 aromatic carbocycles. The quantitative estimate of drug-likeness (QED) is 0.252. The first kappa shape index (κ1) is 34.4. The Labute approximate surface area is 276 Å². The van der Waals surface area contributed by atoms with Gasteiger partial charge in [0.05, 0.1) is 23.9 Å². The summed E-state index contributed by atoms with van der Waals surface area (Å²) in [6, 6.07) is 0.173. The molecule has 6 fully saturated rings. The normalized spacial score (nSPS) is 44.6. The molecule has 262 valence electrons. The molecule has 0 radical (unpaired) electrons. The summed E-state index contributed by atoms with van der Waals surface area (Å²) in [5.74, 6) is 1.05. The maximum atomic E-state index is 12.8. The zero-order valence-corrected chi connectivity index (χ0v) is 29.9. The van der Waals surface area contributed by atoms with E-state index in [1.165, 1.54) is 19.8 Å². The van der Waals surface area contributed by atoms with E-state index in [0.29, 0.717) is 24.2 Å². The van der Waals surface area contributed by atoms with Gasteiger partial charge in [0.25, 0.3) is 0 Å². The fourth-order valence-electron chi connectivity index (χ4n) is 12.9. The van der Waals surface area contributed by atoms with Crippen molar-refractivity contribution in [3.63, 3.8) is 0 Å². The van der Waals surface area contributed by atoms with E-state index in [0.717, 1.165) is 51.6 Å². The summed E-state index contributed by atoms with van der Waals surface area (Å²) in [6.45, 7) is 18.1.